The summed E-state index contributed by atoms with van der Waals surface area (Å²) in [5.41, 5.74) is 4.68. The number of benzene rings is 2. The van der Waals surface area contributed by atoms with E-state index in [1.165, 1.54) is 0 Å². The van der Waals surface area contributed by atoms with Crippen LogP contribution < -0.4 is 0 Å². The molecule has 0 atom stereocenters. The maximum atomic E-state index is 12.5. The van der Waals surface area contributed by atoms with Crippen molar-refractivity contribution >= 4 is 11.9 Å². The first-order valence-corrected chi connectivity index (χ1v) is 7.75. The van der Waals surface area contributed by atoms with Crippen molar-refractivity contribution in [2.45, 2.75) is 20.3 Å². The number of ether oxygens (including phenoxy) is 2. The summed E-state index contributed by atoms with van der Waals surface area (Å²) in [7, 11) is 0. The van der Waals surface area contributed by atoms with Crippen LogP contribution in [-0.4, -0.2) is 25.2 Å². The van der Waals surface area contributed by atoms with Gasteiger partial charge in [0.15, 0.2) is 0 Å². The number of fused-ring (bicyclic) bond motifs is 3. The molecule has 0 heterocycles. The van der Waals surface area contributed by atoms with Gasteiger partial charge in [-0.25, -0.2) is 9.59 Å². The Bertz CT molecular complexity index is 777. The van der Waals surface area contributed by atoms with Gasteiger partial charge in [0.2, 0.25) is 0 Å². The van der Waals surface area contributed by atoms with Crippen LogP contribution in [0.5, 0.6) is 0 Å². The standard InChI is InChI=1S/C19H18O4/c1-3-22-18(20)15-10-9-14-13-8-6-5-7-12(13)11-16(14)17(15)19(21)23-4-2/h5-10H,3-4,11H2,1-2H3. The molecule has 0 saturated heterocycles. The summed E-state index contributed by atoms with van der Waals surface area (Å²) in [5, 5.41) is 0. The van der Waals surface area contributed by atoms with Crippen molar-refractivity contribution in [3.8, 4) is 11.1 Å². The Kier molecular flexibility index (Phi) is 4.15. The van der Waals surface area contributed by atoms with Gasteiger partial charge in [-0.2, -0.15) is 0 Å². The molecule has 23 heavy (non-hydrogen) atoms. The van der Waals surface area contributed by atoms with Crippen LogP contribution in [0.4, 0.5) is 0 Å². The number of hydrogen-bond acceptors (Lipinski definition) is 4. The van der Waals surface area contributed by atoms with E-state index in [9.17, 15) is 9.59 Å². The third-order valence-electron chi connectivity index (χ3n) is 3.96. The van der Waals surface area contributed by atoms with Crippen LogP contribution in [0.15, 0.2) is 36.4 Å². The van der Waals surface area contributed by atoms with Crippen LogP contribution in [0.25, 0.3) is 11.1 Å². The molecule has 2 aromatic carbocycles. The van der Waals surface area contributed by atoms with Crippen molar-refractivity contribution in [3.63, 3.8) is 0 Å². The second-order valence-electron chi connectivity index (χ2n) is 5.29. The summed E-state index contributed by atoms with van der Waals surface area (Å²) in [6, 6.07) is 11.5. The average molecular weight is 310 g/mol. The van der Waals surface area contributed by atoms with Crippen molar-refractivity contribution in [2.24, 2.45) is 0 Å². The molecule has 1 aliphatic carbocycles. The lowest BCUT2D eigenvalue weighted by Gasteiger charge is -2.13. The molecule has 0 aliphatic heterocycles. The highest BCUT2D eigenvalue weighted by molar-refractivity contribution is 6.06. The molecule has 4 heteroatoms. The van der Waals surface area contributed by atoms with E-state index in [4.69, 9.17) is 9.47 Å². The second kappa shape index (κ2) is 6.24. The Morgan fingerprint density at radius 2 is 1.61 bits per heavy atom. The molecule has 0 amide bonds. The Labute approximate surface area is 135 Å². The highest BCUT2D eigenvalue weighted by Gasteiger charge is 2.29. The van der Waals surface area contributed by atoms with Crippen molar-refractivity contribution in [2.75, 3.05) is 13.2 Å². The molecular formula is C19H18O4. The zero-order valence-electron chi connectivity index (χ0n) is 13.2. The normalized spacial score (nSPS) is 11.6. The first-order valence-electron chi connectivity index (χ1n) is 7.75. The zero-order valence-corrected chi connectivity index (χ0v) is 13.2. The SMILES string of the molecule is CCOC(=O)c1ccc2c(c1C(=O)OCC)Cc1ccccc1-2. The fourth-order valence-corrected chi connectivity index (χ4v) is 3.03. The smallest absolute Gasteiger partial charge is 0.339 e. The molecular weight excluding hydrogens is 292 g/mol. The molecule has 3 rings (SSSR count). The zero-order chi connectivity index (χ0) is 16.4. The summed E-state index contributed by atoms with van der Waals surface area (Å²) >= 11 is 0. The Morgan fingerprint density at radius 1 is 0.913 bits per heavy atom. The summed E-state index contributed by atoms with van der Waals surface area (Å²) in [6.07, 6.45) is 0.618. The van der Waals surface area contributed by atoms with Gasteiger partial charge in [-0.15, -0.1) is 0 Å². The lowest BCUT2D eigenvalue weighted by molar-refractivity contribution is 0.0478. The lowest BCUT2D eigenvalue weighted by atomic mass is 9.96. The molecule has 0 saturated carbocycles. The van der Waals surface area contributed by atoms with Crippen LogP contribution >= 0.6 is 0 Å². The number of rotatable bonds is 4. The number of hydrogen-bond donors (Lipinski definition) is 0. The van der Waals surface area contributed by atoms with Crippen LogP contribution in [-0.2, 0) is 15.9 Å². The predicted octanol–water partition coefficient (Wildman–Crippen LogP) is 3.61. The summed E-state index contributed by atoms with van der Waals surface area (Å²) in [4.78, 5) is 24.7. The predicted molar refractivity (Wildman–Crippen MR) is 86.6 cm³/mol. The van der Waals surface area contributed by atoms with Gasteiger partial charge in [0.25, 0.3) is 0 Å². The van der Waals surface area contributed by atoms with E-state index in [1.54, 1.807) is 19.9 Å². The van der Waals surface area contributed by atoms with E-state index in [-0.39, 0.29) is 18.8 Å². The monoisotopic (exact) mass is 310 g/mol. The van der Waals surface area contributed by atoms with Gasteiger partial charge in [0.1, 0.15) is 0 Å². The van der Waals surface area contributed by atoms with Crippen molar-refractivity contribution in [1.82, 2.24) is 0 Å². The van der Waals surface area contributed by atoms with Gasteiger partial charge in [0, 0.05) is 0 Å². The fourth-order valence-electron chi connectivity index (χ4n) is 3.03. The number of carbonyl (C=O) groups excluding carboxylic acids is 2. The fraction of sp³-hybridized carbons (Fsp3) is 0.263. The van der Waals surface area contributed by atoms with Crippen molar-refractivity contribution in [1.29, 1.82) is 0 Å². The highest BCUT2D eigenvalue weighted by Crippen LogP contribution is 2.39. The third kappa shape index (κ3) is 2.61. The Hall–Kier alpha value is -2.62. The van der Waals surface area contributed by atoms with Gasteiger partial charge in [-0.05, 0) is 48.6 Å². The van der Waals surface area contributed by atoms with Crippen LogP contribution in [0.1, 0.15) is 45.7 Å². The van der Waals surface area contributed by atoms with E-state index in [2.05, 4.69) is 0 Å². The van der Waals surface area contributed by atoms with Crippen LogP contribution in [0.3, 0.4) is 0 Å². The molecule has 0 aromatic heterocycles. The van der Waals surface area contributed by atoms with Crippen molar-refractivity contribution < 1.29 is 19.1 Å². The third-order valence-corrected chi connectivity index (χ3v) is 3.96. The molecule has 0 fully saturated rings. The molecule has 0 N–H and O–H groups in total. The Morgan fingerprint density at radius 3 is 2.35 bits per heavy atom. The van der Waals surface area contributed by atoms with Crippen molar-refractivity contribution in [3.05, 3.63) is 58.7 Å². The maximum absolute atomic E-state index is 12.5. The lowest BCUT2D eigenvalue weighted by Crippen LogP contribution is -2.16. The minimum Gasteiger partial charge on any atom is -0.462 e. The van der Waals surface area contributed by atoms with E-state index in [0.717, 1.165) is 22.3 Å². The van der Waals surface area contributed by atoms with E-state index < -0.39 is 11.9 Å². The van der Waals surface area contributed by atoms with E-state index in [1.807, 2.05) is 30.3 Å². The first kappa shape index (κ1) is 15.3. The minimum absolute atomic E-state index is 0.262. The molecule has 0 spiro atoms. The highest BCUT2D eigenvalue weighted by atomic mass is 16.5. The molecule has 0 bridgehead atoms. The molecule has 1 aliphatic rings. The summed E-state index contributed by atoms with van der Waals surface area (Å²) in [6.45, 7) is 4.02. The molecule has 0 radical (unpaired) electrons. The first-order chi connectivity index (χ1) is 11.2. The average Bonchev–Trinajstić information content (AvgIpc) is 2.92. The number of esters is 2. The van der Waals surface area contributed by atoms with E-state index >= 15 is 0 Å². The topological polar surface area (TPSA) is 52.6 Å². The van der Waals surface area contributed by atoms with Crippen LogP contribution in [0.2, 0.25) is 0 Å². The van der Waals surface area contributed by atoms with Gasteiger partial charge < -0.3 is 9.47 Å². The molecule has 0 unspecified atom stereocenters. The summed E-state index contributed by atoms with van der Waals surface area (Å²) < 4.78 is 10.3. The van der Waals surface area contributed by atoms with Gasteiger partial charge in [-0.1, -0.05) is 30.3 Å². The number of carbonyl (C=O) groups is 2. The minimum atomic E-state index is -0.491. The van der Waals surface area contributed by atoms with Gasteiger partial charge in [0.05, 0.1) is 24.3 Å². The Balaban J connectivity index is 2.17. The largest absolute Gasteiger partial charge is 0.462 e. The van der Waals surface area contributed by atoms with Crippen LogP contribution in [0, 0.1) is 0 Å². The van der Waals surface area contributed by atoms with Gasteiger partial charge in [-0.3, -0.25) is 0 Å². The molecule has 118 valence electrons. The van der Waals surface area contributed by atoms with Gasteiger partial charge >= 0.3 is 11.9 Å². The van der Waals surface area contributed by atoms with E-state index in [0.29, 0.717) is 12.0 Å². The summed E-state index contributed by atoms with van der Waals surface area (Å²) in [5.74, 6) is -0.963. The maximum Gasteiger partial charge on any atom is 0.339 e. The quantitative estimate of drug-likeness (QED) is 0.691. The molecule has 2 aromatic rings. The second-order valence-corrected chi connectivity index (χ2v) is 5.29. The molecule has 4 nitrogen and oxygen atoms in total.